The van der Waals surface area contributed by atoms with Gasteiger partial charge in [-0.2, -0.15) is 13.2 Å². The molecule has 0 saturated heterocycles. The molecule has 2 aromatic rings. The van der Waals surface area contributed by atoms with Crippen LogP contribution in [0.3, 0.4) is 0 Å². The van der Waals surface area contributed by atoms with Gasteiger partial charge in [-0.3, -0.25) is 9.10 Å². The van der Waals surface area contributed by atoms with E-state index in [4.69, 9.17) is 16.3 Å². The van der Waals surface area contributed by atoms with Gasteiger partial charge in [0.05, 0.1) is 35.7 Å². The number of hydrogen-bond donors (Lipinski definition) is 1. The zero-order valence-electron chi connectivity index (χ0n) is 19.7. The van der Waals surface area contributed by atoms with Gasteiger partial charge in [0.15, 0.2) is 0 Å². The van der Waals surface area contributed by atoms with Crippen molar-refractivity contribution in [3.8, 4) is 5.75 Å². The second kappa shape index (κ2) is 10.4. The molecule has 0 aromatic heterocycles. The molecule has 11 heteroatoms. The summed E-state index contributed by atoms with van der Waals surface area (Å²) in [5.74, 6) is 0.203. The number of benzene rings is 2. The van der Waals surface area contributed by atoms with E-state index in [1.54, 1.807) is 14.0 Å². The van der Waals surface area contributed by atoms with Crippen molar-refractivity contribution >= 4 is 33.2 Å². The van der Waals surface area contributed by atoms with Crippen LogP contribution in [0.2, 0.25) is 5.02 Å². The van der Waals surface area contributed by atoms with Gasteiger partial charge in [-0.25, -0.2) is 8.42 Å². The highest BCUT2D eigenvalue weighted by molar-refractivity contribution is 7.92. The molecule has 0 aliphatic rings. The minimum Gasteiger partial charge on any atom is -0.496 e. The van der Waals surface area contributed by atoms with E-state index in [9.17, 15) is 26.4 Å². The number of anilines is 1. The number of carbonyl (C=O) groups excluding carboxylic acids is 1. The topological polar surface area (TPSA) is 75.7 Å². The number of aryl methyl sites for hydroxylation is 1. The minimum absolute atomic E-state index is 0.158. The third kappa shape index (κ3) is 6.56. The molecule has 1 N–H and O–H groups in total. The van der Waals surface area contributed by atoms with Crippen molar-refractivity contribution in [1.82, 2.24) is 5.32 Å². The van der Waals surface area contributed by atoms with Crippen LogP contribution in [0.4, 0.5) is 18.9 Å². The fraction of sp³-hybridized carbons (Fsp3) is 0.435. The first-order valence-electron chi connectivity index (χ1n) is 10.4. The molecule has 2 aromatic carbocycles. The van der Waals surface area contributed by atoms with Crippen LogP contribution < -0.4 is 14.4 Å². The van der Waals surface area contributed by atoms with Gasteiger partial charge in [-0.15, -0.1) is 0 Å². The van der Waals surface area contributed by atoms with E-state index >= 15 is 0 Å². The maximum atomic E-state index is 13.3. The van der Waals surface area contributed by atoms with Crippen LogP contribution in [0.1, 0.15) is 55.0 Å². The Kier molecular flexibility index (Phi) is 8.53. The van der Waals surface area contributed by atoms with E-state index in [1.165, 1.54) is 0 Å². The number of hydrogen-bond acceptors (Lipinski definition) is 4. The van der Waals surface area contributed by atoms with Crippen LogP contribution in [-0.2, 0) is 21.0 Å². The van der Waals surface area contributed by atoms with E-state index < -0.39 is 45.3 Å². The lowest BCUT2D eigenvalue weighted by molar-refractivity contribution is -0.137. The third-order valence-electron chi connectivity index (χ3n) is 5.32. The molecule has 6 nitrogen and oxygen atoms in total. The summed E-state index contributed by atoms with van der Waals surface area (Å²) in [6, 6.07) is 5.98. The standard InChI is InChI=1S/C23H28ClF3N2O4S/c1-13(2)17-11-18(14(3)9-21(17)33-5)15(4)28-22(30)12-29(34(6,31)32)16-7-8-20(24)19(10-16)23(25,26)27/h7-11,13,15H,12H2,1-6H3,(H,28,30). The minimum atomic E-state index is -4.78. The summed E-state index contributed by atoms with van der Waals surface area (Å²) in [5, 5.41) is 2.16. The van der Waals surface area contributed by atoms with Crippen molar-refractivity contribution in [2.75, 3.05) is 24.2 Å². The largest absolute Gasteiger partial charge is 0.496 e. The van der Waals surface area contributed by atoms with Crippen LogP contribution in [0.15, 0.2) is 30.3 Å². The van der Waals surface area contributed by atoms with Crippen molar-refractivity contribution in [2.45, 2.75) is 45.8 Å². The molecule has 1 unspecified atom stereocenters. The molecule has 34 heavy (non-hydrogen) atoms. The number of ether oxygens (including phenoxy) is 1. The number of nitrogens with zero attached hydrogens (tertiary/aromatic N) is 1. The molecule has 0 fully saturated rings. The molecule has 2 rings (SSSR count). The lowest BCUT2D eigenvalue weighted by Gasteiger charge is -2.25. The number of methoxy groups -OCH3 is 1. The highest BCUT2D eigenvalue weighted by Gasteiger charge is 2.34. The van der Waals surface area contributed by atoms with Gasteiger partial charge in [0.2, 0.25) is 15.9 Å². The van der Waals surface area contributed by atoms with Gasteiger partial charge in [-0.1, -0.05) is 25.4 Å². The van der Waals surface area contributed by atoms with Crippen LogP contribution in [0, 0.1) is 6.92 Å². The SMILES string of the molecule is COc1cc(C)c(C(C)NC(=O)CN(c2ccc(Cl)c(C(F)(F)F)c2)S(C)(=O)=O)cc1C(C)C. The number of rotatable bonds is 8. The monoisotopic (exact) mass is 520 g/mol. The number of amides is 1. The summed E-state index contributed by atoms with van der Waals surface area (Å²) >= 11 is 5.64. The van der Waals surface area contributed by atoms with Gasteiger partial charge in [0, 0.05) is 0 Å². The fourth-order valence-corrected chi connectivity index (χ4v) is 4.66. The van der Waals surface area contributed by atoms with Crippen LogP contribution >= 0.6 is 11.6 Å². The normalized spacial score (nSPS) is 13.0. The van der Waals surface area contributed by atoms with E-state index in [2.05, 4.69) is 5.32 Å². The highest BCUT2D eigenvalue weighted by Crippen LogP contribution is 2.37. The van der Waals surface area contributed by atoms with E-state index in [1.807, 2.05) is 32.9 Å². The molecule has 1 amide bonds. The summed E-state index contributed by atoms with van der Waals surface area (Å²) in [7, 11) is -2.50. The molecule has 0 aliphatic carbocycles. The first-order chi connectivity index (χ1) is 15.6. The van der Waals surface area contributed by atoms with Gasteiger partial charge < -0.3 is 10.1 Å². The van der Waals surface area contributed by atoms with Gasteiger partial charge in [0.25, 0.3) is 0 Å². The summed E-state index contributed by atoms with van der Waals surface area (Å²) in [6.45, 7) is 6.91. The summed E-state index contributed by atoms with van der Waals surface area (Å²) in [4.78, 5) is 12.8. The van der Waals surface area contributed by atoms with Crippen molar-refractivity contribution in [1.29, 1.82) is 0 Å². The molecular weight excluding hydrogens is 493 g/mol. The molecule has 1 atom stereocenters. The van der Waals surface area contributed by atoms with Crippen LogP contribution in [0.25, 0.3) is 0 Å². The number of alkyl halides is 3. The molecule has 0 radical (unpaired) electrons. The highest BCUT2D eigenvalue weighted by atomic mass is 35.5. The fourth-order valence-electron chi connectivity index (χ4n) is 3.59. The van der Waals surface area contributed by atoms with Crippen molar-refractivity contribution in [3.63, 3.8) is 0 Å². The quantitative estimate of drug-likeness (QED) is 0.502. The number of sulfonamides is 1. The van der Waals surface area contributed by atoms with E-state index in [0.29, 0.717) is 10.4 Å². The number of halogens is 4. The predicted octanol–water partition coefficient (Wildman–Crippen LogP) is 5.44. The number of nitrogens with one attached hydrogen (secondary N) is 1. The Morgan fingerprint density at radius 1 is 1.15 bits per heavy atom. The Labute approximate surface area is 203 Å². The van der Waals surface area contributed by atoms with Gasteiger partial charge >= 0.3 is 6.18 Å². The smallest absolute Gasteiger partial charge is 0.417 e. The summed E-state index contributed by atoms with van der Waals surface area (Å²) in [5.41, 5.74) is 1.12. The Morgan fingerprint density at radius 2 is 1.76 bits per heavy atom. The average Bonchev–Trinajstić information content (AvgIpc) is 2.70. The summed E-state index contributed by atoms with van der Waals surface area (Å²) < 4.78 is 70.5. The average molecular weight is 521 g/mol. The summed E-state index contributed by atoms with van der Waals surface area (Å²) in [6.07, 6.45) is -3.97. The Bertz CT molecular complexity index is 1170. The predicted molar refractivity (Wildman–Crippen MR) is 127 cm³/mol. The Hall–Kier alpha value is -2.46. The number of carbonyl (C=O) groups is 1. The molecular formula is C23H28ClF3N2O4S. The maximum absolute atomic E-state index is 13.3. The molecule has 0 heterocycles. The maximum Gasteiger partial charge on any atom is 0.417 e. The third-order valence-corrected chi connectivity index (χ3v) is 6.79. The van der Waals surface area contributed by atoms with Gasteiger partial charge in [0.1, 0.15) is 12.3 Å². The Morgan fingerprint density at radius 3 is 2.26 bits per heavy atom. The van der Waals surface area contributed by atoms with Gasteiger partial charge in [-0.05, 0) is 66.8 Å². The van der Waals surface area contributed by atoms with E-state index in [0.717, 1.165) is 40.8 Å². The second-order valence-electron chi connectivity index (χ2n) is 8.33. The molecule has 0 aliphatic heterocycles. The lowest BCUT2D eigenvalue weighted by Crippen LogP contribution is -2.41. The molecule has 0 bridgehead atoms. The zero-order chi connectivity index (χ0) is 26.0. The van der Waals surface area contributed by atoms with E-state index in [-0.39, 0.29) is 11.6 Å². The van der Waals surface area contributed by atoms with Crippen LogP contribution in [0.5, 0.6) is 5.75 Å². The second-order valence-corrected chi connectivity index (χ2v) is 10.6. The van der Waals surface area contributed by atoms with Crippen molar-refractivity contribution in [2.24, 2.45) is 0 Å². The first kappa shape index (κ1) is 27.8. The first-order valence-corrected chi connectivity index (χ1v) is 12.6. The van der Waals surface area contributed by atoms with Crippen molar-refractivity contribution < 1.29 is 31.1 Å². The van der Waals surface area contributed by atoms with Crippen molar-refractivity contribution in [3.05, 3.63) is 57.6 Å². The van der Waals surface area contributed by atoms with Crippen LogP contribution in [-0.4, -0.2) is 34.2 Å². The molecule has 0 saturated carbocycles. The Balaban J connectivity index is 2.33. The molecule has 0 spiro atoms. The molecule has 188 valence electrons. The zero-order valence-corrected chi connectivity index (χ0v) is 21.3. The lowest BCUT2D eigenvalue weighted by atomic mass is 9.93.